The predicted octanol–water partition coefficient (Wildman–Crippen LogP) is 1.94. The van der Waals surface area contributed by atoms with Crippen molar-refractivity contribution in [1.29, 1.82) is 0 Å². The first-order valence-electron chi connectivity index (χ1n) is 4.92. The highest BCUT2D eigenvalue weighted by Gasteiger charge is 2.07. The van der Waals surface area contributed by atoms with E-state index in [4.69, 9.17) is 0 Å². The highest BCUT2D eigenvalue weighted by Crippen LogP contribution is 2.05. The molecule has 12 heavy (non-hydrogen) atoms. The Kier molecular flexibility index (Phi) is 4.33. The van der Waals surface area contributed by atoms with Gasteiger partial charge < -0.3 is 0 Å². The molecule has 0 unspecified atom stereocenters. The summed E-state index contributed by atoms with van der Waals surface area (Å²) >= 11 is 0. The number of nitrogens with one attached hydrogen (secondary N) is 1. The number of hydrogen-bond donors (Lipinski definition) is 1. The molecule has 0 aromatic carbocycles. The van der Waals surface area contributed by atoms with Crippen LogP contribution in [-0.2, 0) is 0 Å². The Hall–Kier alpha value is -0.340. The number of piperidine rings is 1. The van der Waals surface area contributed by atoms with E-state index in [-0.39, 0.29) is 0 Å². The van der Waals surface area contributed by atoms with Crippen LogP contribution in [0.5, 0.6) is 0 Å². The summed E-state index contributed by atoms with van der Waals surface area (Å²) in [6.07, 6.45) is 5.19. The maximum atomic E-state index is 3.88. The number of nitrogens with zero attached hydrogens (tertiary/aromatic N) is 1. The highest BCUT2D eigenvalue weighted by molar-refractivity contribution is 4.87. The van der Waals surface area contributed by atoms with Gasteiger partial charge >= 0.3 is 0 Å². The maximum Gasteiger partial charge on any atom is 0.0139 e. The summed E-state index contributed by atoms with van der Waals surface area (Å²) in [6, 6.07) is 0. The third kappa shape index (κ3) is 3.88. The zero-order chi connectivity index (χ0) is 8.81. The second-order valence-corrected chi connectivity index (χ2v) is 3.66. The van der Waals surface area contributed by atoms with Crippen LogP contribution in [0.15, 0.2) is 12.2 Å². The van der Waals surface area contributed by atoms with Gasteiger partial charge in [-0.1, -0.05) is 12.0 Å². The highest BCUT2D eigenvalue weighted by atomic mass is 15.5. The fourth-order valence-corrected chi connectivity index (χ4v) is 1.48. The fraction of sp³-hybridized carbons (Fsp3) is 0.800. The molecule has 1 heterocycles. The van der Waals surface area contributed by atoms with Gasteiger partial charge in [-0.2, -0.15) is 0 Å². The van der Waals surface area contributed by atoms with E-state index in [2.05, 4.69) is 23.9 Å². The van der Waals surface area contributed by atoms with Gasteiger partial charge in [0.05, 0.1) is 0 Å². The van der Waals surface area contributed by atoms with Crippen molar-refractivity contribution < 1.29 is 0 Å². The molecular weight excluding hydrogens is 148 g/mol. The second-order valence-electron chi connectivity index (χ2n) is 3.66. The minimum atomic E-state index is 1.05. The molecule has 70 valence electrons. The molecule has 0 radical (unpaired) electrons. The predicted molar refractivity (Wildman–Crippen MR) is 52.9 cm³/mol. The van der Waals surface area contributed by atoms with E-state index in [0.29, 0.717) is 0 Å². The number of rotatable bonds is 4. The fourth-order valence-electron chi connectivity index (χ4n) is 1.48. The van der Waals surface area contributed by atoms with Crippen molar-refractivity contribution in [1.82, 2.24) is 10.4 Å². The average molecular weight is 168 g/mol. The molecule has 0 amide bonds. The smallest absolute Gasteiger partial charge is 0.0139 e. The van der Waals surface area contributed by atoms with Gasteiger partial charge in [-0.3, -0.25) is 5.43 Å². The van der Waals surface area contributed by atoms with E-state index >= 15 is 0 Å². The Balaban J connectivity index is 2.01. The summed E-state index contributed by atoms with van der Waals surface area (Å²) in [5.74, 6) is 0. The number of hydrogen-bond acceptors (Lipinski definition) is 2. The zero-order valence-electron chi connectivity index (χ0n) is 8.10. The van der Waals surface area contributed by atoms with Crippen LogP contribution >= 0.6 is 0 Å². The van der Waals surface area contributed by atoms with E-state index in [1.165, 1.54) is 37.9 Å². The minimum absolute atomic E-state index is 1.05. The van der Waals surface area contributed by atoms with Gasteiger partial charge in [0.2, 0.25) is 0 Å². The topological polar surface area (TPSA) is 15.3 Å². The summed E-state index contributed by atoms with van der Waals surface area (Å²) < 4.78 is 0. The third-order valence-corrected chi connectivity index (χ3v) is 2.24. The van der Waals surface area contributed by atoms with E-state index in [0.717, 1.165) is 13.0 Å². The van der Waals surface area contributed by atoms with Crippen molar-refractivity contribution in [2.75, 3.05) is 19.6 Å². The molecule has 1 aliphatic rings. The summed E-state index contributed by atoms with van der Waals surface area (Å²) in [6.45, 7) is 9.45. The molecule has 1 fully saturated rings. The Labute approximate surface area is 75.6 Å². The van der Waals surface area contributed by atoms with Crippen LogP contribution in [-0.4, -0.2) is 24.6 Å². The minimum Gasteiger partial charge on any atom is -0.255 e. The monoisotopic (exact) mass is 168 g/mol. The SMILES string of the molecule is C=C(C)CCNN1CCCCC1. The van der Waals surface area contributed by atoms with E-state index < -0.39 is 0 Å². The van der Waals surface area contributed by atoms with Gasteiger partial charge in [0, 0.05) is 19.6 Å². The molecular formula is C10H20N2. The molecule has 0 spiro atoms. The average Bonchev–Trinajstić information content (AvgIpc) is 2.05. The first-order chi connectivity index (χ1) is 5.79. The maximum absolute atomic E-state index is 3.88. The third-order valence-electron chi connectivity index (χ3n) is 2.24. The molecule has 0 bridgehead atoms. The molecule has 2 heteroatoms. The number of hydrazine groups is 1. The van der Waals surface area contributed by atoms with E-state index in [1.54, 1.807) is 0 Å². The van der Waals surface area contributed by atoms with Gasteiger partial charge in [-0.25, -0.2) is 5.01 Å². The lowest BCUT2D eigenvalue weighted by molar-refractivity contribution is 0.155. The first-order valence-corrected chi connectivity index (χ1v) is 4.92. The van der Waals surface area contributed by atoms with Crippen molar-refractivity contribution in [2.45, 2.75) is 32.6 Å². The molecule has 1 aliphatic heterocycles. The second kappa shape index (κ2) is 5.33. The van der Waals surface area contributed by atoms with Crippen molar-refractivity contribution in [3.63, 3.8) is 0 Å². The quantitative estimate of drug-likeness (QED) is 0.645. The van der Waals surface area contributed by atoms with Crippen molar-refractivity contribution in [2.24, 2.45) is 0 Å². The van der Waals surface area contributed by atoms with Gasteiger partial charge in [0.25, 0.3) is 0 Å². The molecule has 0 aromatic rings. The normalized spacial score (nSPS) is 19.4. The Bertz CT molecular complexity index is 137. The van der Waals surface area contributed by atoms with E-state index in [1.807, 2.05) is 0 Å². The van der Waals surface area contributed by atoms with Gasteiger partial charge in [0.1, 0.15) is 0 Å². The summed E-state index contributed by atoms with van der Waals surface area (Å²) in [5.41, 5.74) is 4.69. The van der Waals surface area contributed by atoms with Gasteiger partial charge in [-0.05, 0) is 26.2 Å². The largest absolute Gasteiger partial charge is 0.255 e. The van der Waals surface area contributed by atoms with Crippen LogP contribution in [0.1, 0.15) is 32.6 Å². The Morgan fingerprint density at radius 3 is 2.58 bits per heavy atom. The van der Waals surface area contributed by atoms with Crippen molar-refractivity contribution in [3.05, 3.63) is 12.2 Å². The Morgan fingerprint density at radius 2 is 2.00 bits per heavy atom. The molecule has 0 aromatic heterocycles. The lowest BCUT2D eigenvalue weighted by Gasteiger charge is -2.27. The summed E-state index contributed by atoms with van der Waals surface area (Å²) in [5, 5.41) is 2.34. The molecule has 0 atom stereocenters. The zero-order valence-corrected chi connectivity index (χ0v) is 8.10. The summed E-state index contributed by atoms with van der Waals surface area (Å²) in [4.78, 5) is 0. The van der Waals surface area contributed by atoms with Gasteiger partial charge in [-0.15, -0.1) is 6.58 Å². The Morgan fingerprint density at radius 1 is 1.33 bits per heavy atom. The van der Waals surface area contributed by atoms with Crippen LogP contribution in [0.2, 0.25) is 0 Å². The molecule has 2 nitrogen and oxygen atoms in total. The van der Waals surface area contributed by atoms with Crippen LogP contribution < -0.4 is 5.43 Å². The van der Waals surface area contributed by atoms with Crippen LogP contribution in [0.25, 0.3) is 0 Å². The lowest BCUT2D eigenvalue weighted by atomic mass is 10.2. The van der Waals surface area contributed by atoms with E-state index in [9.17, 15) is 0 Å². The first kappa shape index (κ1) is 9.75. The van der Waals surface area contributed by atoms with Gasteiger partial charge in [0.15, 0.2) is 0 Å². The summed E-state index contributed by atoms with van der Waals surface area (Å²) in [7, 11) is 0. The standard InChI is InChI=1S/C10H20N2/c1-10(2)6-7-11-12-8-4-3-5-9-12/h11H,1,3-9H2,2H3. The van der Waals surface area contributed by atoms with Crippen molar-refractivity contribution >= 4 is 0 Å². The molecule has 0 saturated carbocycles. The molecule has 1 N–H and O–H groups in total. The van der Waals surface area contributed by atoms with Crippen LogP contribution in [0.3, 0.4) is 0 Å². The van der Waals surface area contributed by atoms with Crippen molar-refractivity contribution in [3.8, 4) is 0 Å². The molecule has 1 saturated heterocycles. The van der Waals surface area contributed by atoms with Crippen LogP contribution in [0.4, 0.5) is 0 Å². The molecule has 1 rings (SSSR count). The lowest BCUT2D eigenvalue weighted by Crippen LogP contribution is -2.42. The van der Waals surface area contributed by atoms with Crippen LogP contribution in [0, 0.1) is 0 Å². The molecule has 0 aliphatic carbocycles.